The maximum absolute atomic E-state index is 12.4. The van der Waals surface area contributed by atoms with Gasteiger partial charge in [-0.25, -0.2) is 8.42 Å². The van der Waals surface area contributed by atoms with Crippen LogP contribution in [0.25, 0.3) is 0 Å². The van der Waals surface area contributed by atoms with E-state index in [1.165, 1.54) is 0 Å². The number of sulfone groups is 1. The molecule has 2 heterocycles. The Kier molecular flexibility index (Phi) is 5.02. The smallest absolute Gasteiger partial charge is 0.251 e. The van der Waals surface area contributed by atoms with E-state index in [2.05, 4.69) is 0 Å². The number of carbonyl (C=O) groups is 1. The summed E-state index contributed by atoms with van der Waals surface area (Å²) in [6.07, 6.45) is 2.96. The molecule has 1 unspecified atom stereocenters. The van der Waals surface area contributed by atoms with E-state index in [1.807, 2.05) is 11.0 Å². The molecule has 1 aromatic rings. The van der Waals surface area contributed by atoms with E-state index in [4.69, 9.17) is 4.74 Å². The summed E-state index contributed by atoms with van der Waals surface area (Å²) < 4.78 is 30.3. The fraction of sp³-hybridized carbons (Fsp3) is 0.588. The van der Waals surface area contributed by atoms with E-state index in [9.17, 15) is 13.2 Å². The third-order valence-corrected chi connectivity index (χ3v) is 6.59. The summed E-state index contributed by atoms with van der Waals surface area (Å²) in [4.78, 5) is 14.5. The minimum atomic E-state index is -3.24. The van der Waals surface area contributed by atoms with Gasteiger partial charge in [-0.2, -0.15) is 0 Å². The first kappa shape index (κ1) is 16.5. The van der Waals surface area contributed by atoms with Gasteiger partial charge in [-0.05, 0) is 43.7 Å². The van der Waals surface area contributed by atoms with Gasteiger partial charge in [-0.3, -0.25) is 4.79 Å². The number of piperidine rings is 1. The standard InChI is InChI=1S/C17H23NO4S/c19-17(16-7-4-12-22-16)18-10-8-14(9-11-18)13-23(20,21)15-5-2-1-3-6-15/h1-3,5-6,14,16H,4,7-13H2. The average molecular weight is 337 g/mol. The first-order valence-corrected chi connectivity index (χ1v) is 9.90. The van der Waals surface area contributed by atoms with Gasteiger partial charge in [0.05, 0.1) is 10.6 Å². The van der Waals surface area contributed by atoms with Crippen molar-refractivity contribution in [3.8, 4) is 0 Å². The average Bonchev–Trinajstić information content (AvgIpc) is 3.10. The number of hydrogen-bond acceptors (Lipinski definition) is 4. The molecule has 2 fully saturated rings. The van der Waals surface area contributed by atoms with Gasteiger partial charge in [-0.1, -0.05) is 18.2 Å². The second kappa shape index (κ2) is 7.01. The molecular weight excluding hydrogens is 314 g/mol. The second-order valence-electron chi connectivity index (χ2n) is 6.36. The lowest BCUT2D eigenvalue weighted by Crippen LogP contribution is -2.44. The Morgan fingerprint density at radius 1 is 1.13 bits per heavy atom. The molecule has 126 valence electrons. The van der Waals surface area contributed by atoms with Gasteiger partial charge in [0, 0.05) is 19.7 Å². The molecule has 3 rings (SSSR count). The summed E-state index contributed by atoms with van der Waals surface area (Å²) in [6, 6.07) is 8.59. The summed E-state index contributed by atoms with van der Waals surface area (Å²) >= 11 is 0. The Labute approximate surface area is 137 Å². The number of carbonyl (C=O) groups excluding carboxylic acids is 1. The lowest BCUT2D eigenvalue weighted by atomic mass is 9.98. The van der Waals surface area contributed by atoms with Gasteiger partial charge in [0.2, 0.25) is 0 Å². The van der Waals surface area contributed by atoms with Gasteiger partial charge in [0.25, 0.3) is 5.91 Å². The molecule has 2 aliphatic heterocycles. The van der Waals surface area contributed by atoms with Crippen LogP contribution in [0.4, 0.5) is 0 Å². The highest BCUT2D eigenvalue weighted by atomic mass is 32.2. The fourth-order valence-electron chi connectivity index (χ4n) is 3.33. The predicted octanol–water partition coefficient (Wildman–Crippen LogP) is 1.88. The van der Waals surface area contributed by atoms with Gasteiger partial charge in [-0.15, -0.1) is 0 Å². The number of likely N-dealkylation sites (tertiary alicyclic amines) is 1. The SMILES string of the molecule is O=C(C1CCCO1)N1CCC(CS(=O)(=O)c2ccccc2)CC1. The van der Waals surface area contributed by atoms with Crippen LogP contribution in [0.3, 0.4) is 0 Å². The molecule has 2 aliphatic rings. The summed E-state index contributed by atoms with van der Waals surface area (Å²) in [6.45, 7) is 1.93. The van der Waals surface area contributed by atoms with Crippen LogP contribution in [-0.2, 0) is 19.4 Å². The molecular formula is C17H23NO4S. The zero-order chi connectivity index (χ0) is 16.3. The second-order valence-corrected chi connectivity index (χ2v) is 8.40. The first-order valence-electron chi connectivity index (χ1n) is 8.24. The van der Waals surface area contributed by atoms with Gasteiger partial charge >= 0.3 is 0 Å². The number of rotatable bonds is 4. The quantitative estimate of drug-likeness (QED) is 0.841. The summed E-state index contributed by atoms with van der Waals surface area (Å²) in [5.41, 5.74) is 0. The molecule has 23 heavy (non-hydrogen) atoms. The van der Waals surface area contributed by atoms with Crippen molar-refractivity contribution in [2.75, 3.05) is 25.4 Å². The number of benzene rings is 1. The Hall–Kier alpha value is -1.40. The van der Waals surface area contributed by atoms with Crippen LogP contribution in [0.2, 0.25) is 0 Å². The van der Waals surface area contributed by atoms with Crippen molar-refractivity contribution in [1.82, 2.24) is 4.90 Å². The number of nitrogens with zero attached hydrogens (tertiary/aromatic N) is 1. The first-order chi connectivity index (χ1) is 11.1. The minimum absolute atomic E-state index is 0.0758. The molecule has 1 amide bonds. The molecule has 6 heteroatoms. The van der Waals surface area contributed by atoms with Crippen molar-refractivity contribution in [2.24, 2.45) is 5.92 Å². The Balaban J connectivity index is 1.54. The summed E-state index contributed by atoms with van der Waals surface area (Å²) in [7, 11) is -3.24. The van der Waals surface area contributed by atoms with Crippen molar-refractivity contribution in [3.05, 3.63) is 30.3 Å². The molecule has 5 nitrogen and oxygen atoms in total. The molecule has 0 spiro atoms. The zero-order valence-electron chi connectivity index (χ0n) is 13.2. The van der Waals surface area contributed by atoms with Crippen LogP contribution >= 0.6 is 0 Å². The lowest BCUT2D eigenvalue weighted by molar-refractivity contribution is -0.142. The van der Waals surface area contributed by atoms with E-state index < -0.39 is 9.84 Å². The Bertz CT molecular complexity index is 630. The molecule has 0 saturated carbocycles. The van der Waals surface area contributed by atoms with Crippen LogP contribution < -0.4 is 0 Å². The zero-order valence-corrected chi connectivity index (χ0v) is 14.0. The van der Waals surface area contributed by atoms with Crippen molar-refractivity contribution in [1.29, 1.82) is 0 Å². The van der Waals surface area contributed by atoms with Gasteiger partial charge < -0.3 is 9.64 Å². The largest absolute Gasteiger partial charge is 0.368 e. The van der Waals surface area contributed by atoms with Crippen LogP contribution in [-0.4, -0.2) is 50.8 Å². The van der Waals surface area contributed by atoms with Crippen molar-refractivity contribution < 1.29 is 17.9 Å². The topological polar surface area (TPSA) is 63.7 Å². The summed E-state index contributed by atoms with van der Waals surface area (Å²) in [5.74, 6) is 0.361. The highest BCUT2D eigenvalue weighted by molar-refractivity contribution is 7.91. The third-order valence-electron chi connectivity index (χ3n) is 4.69. The molecule has 2 saturated heterocycles. The monoisotopic (exact) mass is 337 g/mol. The molecule has 1 atom stereocenters. The molecule has 1 aromatic carbocycles. The number of hydrogen-bond donors (Lipinski definition) is 0. The van der Waals surface area contributed by atoms with Crippen LogP contribution in [0.1, 0.15) is 25.7 Å². The van der Waals surface area contributed by atoms with Crippen LogP contribution in [0, 0.1) is 5.92 Å². The number of ether oxygens (including phenoxy) is 1. The third kappa shape index (κ3) is 3.93. The molecule has 0 aliphatic carbocycles. The van der Waals surface area contributed by atoms with Crippen LogP contribution in [0.15, 0.2) is 35.2 Å². The Morgan fingerprint density at radius 3 is 2.43 bits per heavy atom. The fourth-order valence-corrected chi connectivity index (χ4v) is 5.05. The van der Waals surface area contributed by atoms with E-state index in [-0.39, 0.29) is 23.7 Å². The Morgan fingerprint density at radius 2 is 1.83 bits per heavy atom. The van der Waals surface area contributed by atoms with Gasteiger partial charge in [0.1, 0.15) is 6.10 Å². The highest BCUT2D eigenvalue weighted by Gasteiger charge is 2.32. The normalized spacial score (nSPS) is 23.1. The molecule has 0 N–H and O–H groups in total. The minimum Gasteiger partial charge on any atom is -0.368 e. The highest BCUT2D eigenvalue weighted by Crippen LogP contribution is 2.24. The molecule has 0 radical (unpaired) electrons. The molecule has 0 aromatic heterocycles. The van der Waals surface area contributed by atoms with Crippen LogP contribution in [0.5, 0.6) is 0 Å². The van der Waals surface area contributed by atoms with E-state index in [0.717, 1.165) is 25.7 Å². The maximum atomic E-state index is 12.4. The molecule has 0 bridgehead atoms. The number of amides is 1. The van der Waals surface area contributed by atoms with Crippen molar-refractivity contribution in [2.45, 2.75) is 36.7 Å². The van der Waals surface area contributed by atoms with Gasteiger partial charge in [0.15, 0.2) is 9.84 Å². The maximum Gasteiger partial charge on any atom is 0.251 e. The predicted molar refractivity (Wildman–Crippen MR) is 86.8 cm³/mol. The van der Waals surface area contributed by atoms with Crippen molar-refractivity contribution >= 4 is 15.7 Å². The van der Waals surface area contributed by atoms with E-state index >= 15 is 0 Å². The van der Waals surface area contributed by atoms with Crippen molar-refractivity contribution in [3.63, 3.8) is 0 Å². The summed E-state index contributed by atoms with van der Waals surface area (Å²) in [5, 5.41) is 0. The lowest BCUT2D eigenvalue weighted by Gasteiger charge is -2.33. The van der Waals surface area contributed by atoms with E-state index in [0.29, 0.717) is 24.6 Å². The van der Waals surface area contributed by atoms with E-state index in [1.54, 1.807) is 24.3 Å².